The number of aliphatic hydroxyl groups excluding tert-OH is 1. The summed E-state index contributed by atoms with van der Waals surface area (Å²) in [4.78, 5) is 10.6. The van der Waals surface area contributed by atoms with E-state index in [2.05, 4.69) is 0 Å². The smallest absolute Gasteiger partial charge is 0.335 e. The van der Waals surface area contributed by atoms with E-state index in [0.717, 1.165) is 19.3 Å². The van der Waals surface area contributed by atoms with E-state index in [4.69, 9.17) is 14.9 Å². The summed E-state index contributed by atoms with van der Waals surface area (Å²) in [6, 6.07) is 6.34. The van der Waals surface area contributed by atoms with E-state index in [1.54, 1.807) is 12.1 Å². The Balaban J connectivity index is 2.29. The van der Waals surface area contributed by atoms with Crippen molar-refractivity contribution in [1.82, 2.24) is 0 Å². The molecule has 0 amide bonds. The van der Waals surface area contributed by atoms with Crippen LogP contribution < -0.4 is 4.74 Å². The van der Waals surface area contributed by atoms with E-state index in [-0.39, 0.29) is 12.2 Å². The lowest BCUT2D eigenvalue weighted by molar-refractivity contribution is 0.0697. The molecule has 4 heteroatoms. The molecule has 0 spiro atoms. The van der Waals surface area contributed by atoms with Gasteiger partial charge in [-0.3, -0.25) is 0 Å². The molecule has 0 saturated heterocycles. The van der Waals surface area contributed by atoms with Crippen molar-refractivity contribution in [2.75, 3.05) is 13.2 Å². The van der Waals surface area contributed by atoms with Gasteiger partial charge in [-0.05, 0) is 43.5 Å². The van der Waals surface area contributed by atoms with Crippen LogP contribution in [0.2, 0.25) is 0 Å². The largest absolute Gasteiger partial charge is 0.494 e. The molecule has 16 heavy (non-hydrogen) atoms. The van der Waals surface area contributed by atoms with Gasteiger partial charge in [0.2, 0.25) is 0 Å². The first-order chi connectivity index (χ1) is 7.74. The number of aromatic carboxylic acids is 1. The molecule has 0 bridgehead atoms. The minimum atomic E-state index is -0.936. The number of aliphatic hydroxyl groups is 1. The fourth-order valence-corrected chi connectivity index (χ4v) is 1.27. The van der Waals surface area contributed by atoms with Crippen molar-refractivity contribution in [2.45, 2.75) is 19.3 Å². The molecule has 2 N–H and O–H groups in total. The molecule has 88 valence electrons. The minimum Gasteiger partial charge on any atom is -0.494 e. The Hall–Kier alpha value is -1.55. The van der Waals surface area contributed by atoms with Gasteiger partial charge >= 0.3 is 5.97 Å². The van der Waals surface area contributed by atoms with Gasteiger partial charge < -0.3 is 14.9 Å². The molecule has 0 saturated carbocycles. The van der Waals surface area contributed by atoms with E-state index >= 15 is 0 Å². The summed E-state index contributed by atoms with van der Waals surface area (Å²) in [6.07, 6.45) is 2.62. The zero-order valence-electron chi connectivity index (χ0n) is 9.06. The van der Waals surface area contributed by atoms with Crippen molar-refractivity contribution in [3.63, 3.8) is 0 Å². The van der Waals surface area contributed by atoms with Crippen LogP contribution in [0.4, 0.5) is 0 Å². The predicted octanol–water partition coefficient (Wildman–Crippen LogP) is 1.93. The summed E-state index contributed by atoms with van der Waals surface area (Å²) in [5.41, 5.74) is 0.257. The van der Waals surface area contributed by atoms with Crippen LogP contribution in [0.5, 0.6) is 5.75 Å². The van der Waals surface area contributed by atoms with Crippen LogP contribution in [0, 0.1) is 0 Å². The van der Waals surface area contributed by atoms with Gasteiger partial charge in [0, 0.05) is 6.61 Å². The number of hydrogen-bond acceptors (Lipinski definition) is 3. The van der Waals surface area contributed by atoms with E-state index in [1.165, 1.54) is 12.1 Å². The second kappa shape index (κ2) is 6.85. The maximum Gasteiger partial charge on any atom is 0.335 e. The standard InChI is InChI=1S/C12H16O4/c13-8-2-1-3-9-16-11-6-4-10(5-7-11)12(14)15/h4-7,13H,1-3,8-9H2,(H,14,15). The Bertz CT molecular complexity index is 318. The van der Waals surface area contributed by atoms with Gasteiger partial charge in [-0.15, -0.1) is 0 Å². The number of carboxylic acids is 1. The van der Waals surface area contributed by atoms with Crippen LogP contribution in [-0.4, -0.2) is 29.4 Å². The topological polar surface area (TPSA) is 66.8 Å². The first-order valence-electron chi connectivity index (χ1n) is 5.31. The van der Waals surface area contributed by atoms with Crippen molar-refractivity contribution in [3.8, 4) is 5.75 Å². The quantitative estimate of drug-likeness (QED) is 0.694. The summed E-state index contributed by atoms with van der Waals surface area (Å²) in [5.74, 6) is -0.261. The van der Waals surface area contributed by atoms with Crippen LogP contribution in [0.15, 0.2) is 24.3 Å². The molecule has 0 aliphatic rings. The first-order valence-corrected chi connectivity index (χ1v) is 5.31. The van der Waals surface area contributed by atoms with Crippen molar-refractivity contribution in [2.24, 2.45) is 0 Å². The second-order valence-electron chi connectivity index (χ2n) is 3.46. The number of unbranched alkanes of at least 4 members (excludes halogenated alkanes) is 2. The van der Waals surface area contributed by atoms with Crippen LogP contribution in [-0.2, 0) is 0 Å². The van der Waals surface area contributed by atoms with Gasteiger partial charge in [-0.2, -0.15) is 0 Å². The average molecular weight is 224 g/mol. The highest BCUT2D eigenvalue weighted by Gasteiger charge is 2.01. The van der Waals surface area contributed by atoms with E-state index in [0.29, 0.717) is 12.4 Å². The van der Waals surface area contributed by atoms with Gasteiger partial charge in [0.1, 0.15) is 5.75 Å². The van der Waals surface area contributed by atoms with E-state index < -0.39 is 5.97 Å². The molecule has 1 aromatic rings. The third kappa shape index (κ3) is 4.31. The molecule has 1 aromatic carbocycles. The molecule has 4 nitrogen and oxygen atoms in total. The second-order valence-corrected chi connectivity index (χ2v) is 3.46. The molecule has 0 radical (unpaired) electrons. The van der Waals surface area contributed by atoms with Gasteiger partial charge in [-0.25, -0.2) is 4.79 Å². The summed E-state index contributed by atoms with van der Waals surface area (Å²) < 4.78 is 5.41. The third-order valence-corrected chi connectivity index (χ3v) is 2.17. The monoisotopic (exact) mass is 224 g/mol. The Morgan fingerprint density at radius 3 is 2.38 bits per heavy atom. The Labute approximate surface area is 94.5 Å². The number of carbonyl (C=O) groups is 1. The third-order valence-electron chi connectivity index (χ3n) is 2.17. The molecular formula is C12H16O4. The fraction of sp³-hybridized carbons (Fsp3) is 0.417. The van der Waals surface area contributed by atoms with Crippen molar-refractivity contribution < 1.29 is 19.7 Å². The number of hydrogen-bond donors (Lipinski definition) is 2. The summed E-state index contributed by atoms with van der Waals surface area (Å²) >= 11 is 0. The predicted molar refractivity (Wildman–Crippen MR) is 59.8 cm³/mol. The summed E-state index contributed by atoms with van der Waals surface area (Å²) in [7, 11) is 0. The van der Waals surface area contributed by atoms with Crippen LogP contribution in [0.1, 0.15) is 29.6 Å². The molecule has 0 aliphatic heterocycles. The fourth-order valence-electron chi connectivity index (χ4n) is 1.27. The van der Waals surface area contributed by atoms with Gasteiger partial charge in [0.15, 0.2) is 0 Å². The SMILES string of the molecule is O=C(O)c1ccc(OCCCCCO)cc1. The van der Waals surface area contributed by atoms with Crippen LogP contribution in [0.3, 0.4) is 0 Å². The molecule has 0 unspecified atom stereocenters. The van der Waals surface area contributed by atoms with Gasteiger partial charge in [0.05, 0.1) is 12.2 Å². The molecule has 0 fully saturated rings. The van der Waals surface area contributed by atoms with E-state index in [1.807, 2.05) is 0 Å². The average Bonchev–Trinajstić information content (AvgIpc) is 2.29. The van der Waals surface area contributed by atoms with Gasteiger partial charge in [0.25, 0.3) is 0 Å². The maximum atomic E-state index is 10.6. The van der Waals surface area contributed by atoms with Crippen molar-refractivity contribution in [1.29, 1.82) is 0 Å². The molecule has 0 aliphatic carbocycles. The number of benzene rings is 1. The lowest BCUT2D eigenvalue weighted by Crippen LogP contribution is -1.99. The molecule has 0 heterocycles. The normalized spacial score (nSPS) is 10.1. The molecule has 0 atom stereocenters. The lowest BCUT2D eigenvalue weighted by atomic mass is 10.2. The zero-order chi connectivity index (χ0) is 11.8. The Morgan fingerprint density at radius 2 is 1.81 bits per heavy atom. The number of ether oxygens (including phenoxy) is 1. The number of carboxylic acid groups (broad SMARTS) is 1. The molecule has 1 rings (SSSR count). The van der Waals surface area contributed by atoms with Crippen LogP contribution in [0.25, 0.3) is 0 Å². The minimum absolute atomic E-state index is 0.216. The molecular weight excluding hydrogens is 208 g/mol. The lowest BCUT2D eigenvalue weighted by Gasteiger charge is -2.05. The highest BCUT2D eigenvalue weighted by Crippen LogP contribution is 2.12. The zero-order valence-corrected chi connectivity index (χ0v) is 9.06. The summed E-state index contributed by atoms with van der Waals surface area (Å²) in [6.45, 7) is 0.805. The van der Waals surface area contributed by atoms with E-state index in [9.17, 15) is 4.79 Å². The van der Waals surface area contributed by atoms with Crippen molar-refractivity contribution >= 4 is 5.97 Å². The highest BCUT2D eigenvalue weighted by molar-refractivity contribution is 5.87. The van der Waals surface area contributed by atoms with Gasteiger partial charge in [-0.1, -0.05) is 0 Å². The number of rotatable bonds is 7. The van der Waals surface area contributed by atoms with Crippen molar-refractivity contribution in [3.05, 3.63) is 29.8 Å². The summed E-state index contributed by atoms with van der Waals surface area (Å²) in [5, 5.41) is 17.3. The maximum absolute atomic E-state index is 10.6. The highest BCUT2D eigenvalue weighted by atomic mass is 16.5. The van der Waals surface area contributed by atoms with Crippen LogP contribution >= 0.6 is 0 Å². The Kier molecular flexibility index (Phi) is 5.36. The first kappa shape index (κ1) is 12.5. The Morgan fingerprint density at radius 1 is 1.12 bits per heavy atom. The molecule has 0 aromatic heterocycles.